The predicted octanol–water partition coefficient (Wildman–Crippen LogP) is 3.35. The molecule has 106 valence electrons. The number of anilines is 2. The van der Waals surface area contributed by atoms with Crippen molar-refractivity contribution >= 4 is 17.4 Å². The van der Waals surface area contributed by atoms with Crippen LogP contribution in [0.5, 0.6) is 5.75 Å². The van der Waals surface area contributed by atoms with Gasteiger partial charge in [-0.15, -0.1) is 0 Å². The van der Waals surface area contributed by atoms with Gasteiger partial charge in [0.25, 0.3) is 0 Å². The van der Waals surface area contributed by atoms with Crippen molar-refractivity contribution in [3.63, 3.8) is 0 Å². The van der Waals surface area contributed by atoms with Crippen LogP contribution < -0.4 is 15.4 Å². The molecular weight excluding hydrogens is 273 g/mol. The van der Waals surface area contributed by atoms with Crippen molar-refractivity contribution in [3.05, 3.63) is 53.8 Å². The molecule has 6 heteroatoms. The summed E-state index contributed by atoms with van der Waals surface area (Å²) in [4.78, 5) is 11.8. The van der Waals surface area contributed by atoms with Crippen molar-refractivity contribution in [2.24, 2.45) is 0 Å². The highest BCUT2D eigenvalue weighted by atomic mass is 19.1. The van der Waals surface area contributed by atoms with Gasteiger partial charge in [0.15, 0.2) is 0 Å². The molecule has 0 fully saturated rings. The quantitative estimate of drug-likeness (QED) is 0.908. The van der Waals surface area contributed by atoms with E-state index in [0.29, 0.717) is 11.4 Å². The summed E-state index contributed by atoms with van der Waals surface area (Å²) in [6.45, 7) is 0. The molecule has 2 N–H and O–H groups in total. The molecule has 2 rings (SSSR count). The normalized spacial score (nSPS) is 9.57. The Kier molecular flexibility index (Phi) is 4.36. The predicted molar refractivity (Wildman–Crippen MR) is 76.8 cm³/mol. The second kappa shape index (κ2) is 6.39. The van der Waals surface area contributed by atoms with Crippen LogP contribution in [0, 0.1) is 17.1 Å². The second-order valence-corrected chi connectivity index (χ2v) is 4.08. The van der Waals surface area contributed by atoms with Gasteiger partial charge in [-0.05, 0) is 36.4 Å². The summed E-state index contributed by atoms with van der Waals surface area (Å²) in [6.07, 6.45) is 0. The maximum absolute atomic E-state index is 13.4. The van der Waals surface area contributed by atoms with Crippen LogP contribution in [-0.4, -0.2) is 13.1 Å². The number of benzene rings is 2. The van der Waals surface area contributed by atoms with E-state index >= 15 is 0 Å². The third-order valence-electron chi connectivity index (χ3n) is 2.72. The molecule has 0 saturated carbocycles. The number of nitriles is 1. The molecule has 0 heterocycles. The monoisotopic (exact) mass is 285 g/mol. The number of hydrogen-bond acceptors (Lipinski definition) is 3. The SMILES string of the molecule is COc1ccc(NC(=O)Nc2cccc(F)c2C#N)cc1. The van der Waals surface area contributed by atoms with Crippen molar-refractivity contribution in [1.82, 2.24) is 0 Å². The van der Waals surface area contributed by atoms with E-state index in [-0.39, 0.29) is 11.3 Å². The van der Waals surface area contributed by atoms with E-state index in [1.165, 1.54) is 12.1 Å². The lowest BCUT2D eigenvalue weighted by molar-refractivity contribution is 0.262. The maximum Gasteiger partial charge on any atom is 0.323 e. The Hall–Kier alpha value is -3.07. The molecular formula is C15H12FN3O2. The number of amides is 2. The number of urea groups is 1. The molecule has 0 atom stereocenters. The standard InChI is InChI=1S/C15H12FN3O2/c1-21-11-7-5-10(6-8-11)18-15(20)19-14-4-2-3-13(16)12(14)9-17/h2-8H,1H3,(H2,18,19,20). The summed E-state index contributed by atoms with van der Waals surface area (Å²) in [7, 11) is 1.54. The Labute approximate surface area is 121 Å². The van der Waals surface area contributed by atoms with Gasteiger partial charge in [0.2, 0.25) is 0 Å². The van der Waals surface area contributed by atoms with Crippen LogP contribution in [0.4, 0.5) is 20.6 Å². The third-order valence-corrected chi connectivity index (χ3v) is 2.72. The average Bonchev–Trinajstić information content (AvgIpc) is 2.48. The van der Waals surface area contributed by atoms with E-state index in [0.717, 1.165) is 6.07 Å². The molecule has 21 heavy (non-hydrogen) atoms. The molecule has 0 radical (unpaired) electrons. The molecule has 0 aromatic heterocycles. The maximum atomic E-state index is 13.4. The number of halogens is 1. The highest BCUT2D eigenvalue weighted by molar-refractivity contribution is 6.00. The zero-order valence-corrected chi connectivity index (χ0v) is 11.2. The topological polar surface area (TPSA) is 74.2 Å². The van der Waals surface area contributed by atoms with Gasteiger partial charge in [-0.25, -0.2) is 9.18 Å². The van der Waals surface area contributed by atoms with Crippen LogP contribution in [0.25, 0.3) is 0 Å². The number of nitrogens with one attached hydrogen (secondary N) is 2. The molecule has 0 saturated heterocycles. The molecule has 0 aliphatic rings. The lowest BCUT2D eigenvalue weighted by atomic mass is 10.2. The zero-order valence-electron chi connectivity index (χ0n) is 11.2. The lowest BCUT2D eigenvalue weighted by Gasteiger charge is -2.09. The molecule has 2 amide bonds. The van der Waals surface area contributed by atoms with E-state index in [9.17, 15) is 9.18 Å². The molecule has 0 bridgehead atoms. The molecule has 0 aliphatic heterocycles. The van der Waals surface area contributed by atoms with Crippen LogP contribution in [0.1, 0.15) is 5.56 Å². The van der Waals surface area contributed by atoms with Crippen molar-refractivity contribution in [2.45, 2.75) is 0 Å². The van der Waals surface area contributed by atoms with Crippen LogP contribution in [0.3, 0.4) is 0 Å². The Morgan fingerprint density at radius 1 is 1.19 bits per heavy atom. The molecule has 2 aromatic carbocycles. The van der Waals surface area contributed by atoms with Gasteiger partial charge in [-0.2, -0.15) is 5.26 Å². The fourth-order valence-electron chi connectivity index (χ4n) is 1.70. The fraction of sp³-hybridized carbons (Fsp3) is 0.0667. The van der Waals surface area contributed by atoms with Gasteiger partial charge >= 0.3 is 6.03 Å². The molecule has 0 unspecified atom stereocenters. The highest BCUT2D eigenvalue weighted by Gasteiger charge is 2.10. The Morgan fingerprint density at radius 3 is 2.52 bits per heavy atom. The van der Waals surface area contributed by atoms with Crippen LogP contribution >= 0.6 is 0 Å². The van der Waals surface area contributed by atoms with E-state index in [2.05, 4.69) is 10.6 Å². The first-order valence-electron chi connectivity index (χ1n) is 6.04. The van der Waals surface area contributed by atoms with Crippen LogP contribution in [0.2, 0.25) is 0 Å². The first-order chi connectivity index (χ1) is 10.1. The molecule has 0 spiro atoms. The number of rotatable bonds is 3. The highest BCUT2D eigenvalue weighted by Crippen LogP contribution is 2.19. The van der Waals surface area contributed by atoms with Gasteiger partial charge in [-0.1, -0.05) is 6.07 Å². The first-order valence-corrected chi connectivity index (χ1v) is 6.04. The van der Waals surface area contributed by atoms with Gasteiger partial charge in [0, 0.05) is 5.69 Å². The summed E-state index contributed by atoms with van der Waals surface area (Å²) in [5.41, 5.74) is 0.453. The molecule has 5 nitrogen and oxygen atoms in total. The van der Waals surface area contributed by atoms with Gasteiger partial charge in [0.1, 0.15) is 23.2 Å². The smallest absolute Gasteiger partial charge is 0.323 e. The van der Waals surface area contributed by atoms with Crippen LogP contribution in [0.15, 0.2) is 42.5 Å². The third kappa shape index (κ3) is 3.48. The number of methoxy groups -OCH3 is 1. The minimum atomic E-state index is -0.681. The number of carbonyl (C=O) groups is 1. The first kappa shape index (κ1) is 14.3. The Bertz CT molecular complexity index is 693. The van der Waals surface area contributed by atoms with Gasteiger partial charge in [0.05, 0.1) is 12.8 Å². The van der Waals surface area contributed by atoms with Gasteiger partial charge in [-0.3, -0.25) is 0 Å². The minimum absolute atomic E-state index is 0.114. The number of hydrogen-bond donors (Lipinski definition) is 2. The number of nitrogens with zero attached hydrogens (tertiary/aromatic N) is 1. The van der Waals surface area contributed by atoms with E-state index in [4.69, 9.17) is 10.00 Å². The summed E-state index contributed by atoms with van der Waals surface area (Å²) < 4.78 is 18.4. The Balaban J connectivity index is 2.08. The van der Waals surface area contributed by atoms with Crippen molar-refractivity contribution in [3.8, 4) is 11.8 Å². The van der Waals surface area contributed by atoms with Crippen molar-refractivity contribution in [2.75, 3.05) is 17.7 Å². The minimum Gasteiger partial charge on any atom is -0.497 e. The summed E-state index contributed by atoms with van der Waals surface area (Å²) in [6, 6.07) is 11.9. The van der Waals surface area contributed by atoms with E-state index in [1.54, 1.807) is 37.4 Å². The largest absolute Gasteiger partial charge is 0.497 e. The molecule has 0 aliphatic carbocycles. The molecule has 2 aromatic rings. The van der Waals surface area contributed by atoms with E-state index in [1.807, 2.05) is 0 Å². The Morgan fingerprint density at radius 2 is 1.90 bits per heavy atom. The average molecular weight is 285 g/mol. The summed E-state index contributed by atoms with van der Waals surface area (Å²) in [5, 5.41) is 13.9. The second-order valence-electron chi connectivity index (χ2n) is 4.08. The zero-order chi connectivity index (χ0) is 15.2. The van der Waals surface area contributed by atoms with Gasteiger partial charge < -0.3 is 15.4 Å². The number of ether oxygens (including phenoxy) is 1. The van der Waals surface area contributed by atoms with Crippen molar-refractivity contribution < 1.29 is 13.9 Å². The van der Waals surface area contributed by atoms with E-state index < -0.39 is 11.8 Å². The van der Waals surface area contributed by atoms with Crippen LogP contribution in [-0.2, 0) is 0 Å². The fourth-order valence-corrected chi connectivity index (χ4v) is 1.70. The number of carbonyl (C=O) groups excluding carboxylic acids is 1. The summed E-state index contributed by atoms with van der Waals surface area (Å²) >= 11 is 0. The van der Waals surface area contributed by atoms with Crippen molar-refractivity contribution in [1.29, 1.82) is 5.26 Å². The summed E-state index contributed by atoms with van der Waals surface area (Å²) in [5.74, 6) is -0.0161. The lowest BCUT2D eigenvalue weighted by Crippen LogP contribution is -2.20.